The van der Waals surface area contributed by atoms with Crippen molar-refractivity contribution in [2.75, 3.05) is 7.11 Å². The van der Waals surface area contributed by atoms with Crippen LogP contribution in [0.2, 0.25) is 0 Å². The van der Waals surface area contributed by atoms with Gasteiger partial charge in [0.25, 0.3) is 0 Å². The summed E-state index contributed by atoms with van der Waals surface area (Å²) in [5.74, 6) is 1.51. The fourth-order valence-corrected chi connectivity index (χ4v) is 2.46. The molecule has 2 rings (SSSR count). The van der Waals surface area contributed by atoms with Gasteiger partial charge in [-0.05, 0) is 58.2 Å². The number of benzene rings is 1. The summed E-state index contributed by atoms with van der Waals surface area (Å²) >= 11 is 3.50. The molecule has 5 heteroatoms. The molecular formula is C16H19BrN2O2. The van der Waals surface area contributed by atoms with Crippen LogP contribution in [0.3, 0.4) is 0 Å². The Labute approximate surface area is 133 Å². The van der Waals surface area contributed by atoms with Gasteiger partial charge in [-0.1, -0.05) is 6.92 Å². The van der Waals surface area contributed by atoms with E-state index in [0.717, 1.165) is 28.0 Å². The van der Waals surface area contributed by atoms with Gasteiger partial charge >= 0.3 is 0 Å². The van der Waals surface area contributed by atoms with Gasteiger partial charge in [0, 0.05) is 18.4 Å². The summed E-state index contributed by atoms with van der Waals surface area (Å²) in [4.78, 5) is 4.04. The Bertz CT molecular complexity index is 578. The van der Waals surface area contributed by atoms with Gasteiger partial charge in [-0.25, -0.2) is 0 Å². The molecule has 1 aromatic heterocycles. The highest BCUT2D eigenvalue weighted by atomic mass is 79.9. The van der Waals surface area contributed by atoms with Crippen molar-refractivity contribution >= 4 is 15.9 Å². The summed E-state index contributed by atoms with van der Waals surface area (Å²) in [6.45, 7) is 2.05. The minimum absolute atomic E-state index is 0.0959. The highest BCUT2D eigenvalue weighted by molar-refractivity contribution is 9.10. The molecule has 1 heterocycles. The van der Waals surface area contributed by atoms with E-state index >= 15 is 0 Å². The summed E-state index contributed by atoms with van der Waals surface area (Å²) in [5, 5.41) is 0. The van der Waals surface area contributed by atoms with Gasteiger partial charge in [-0.15, -0.1) is 0 Å². The quantitative estimate of drug-likeness (QED) is 0.862. The topological polar surface area (TPSA) is 57.4 Å². The average Bonchev–Trinajstić information content (AvgIpc) is 2.53. The van der Waals surface area contributed by atoms with Crippen molar-refractivity contribution in [3.05, 3.63) is 52.8 Å². The van der Waals surface area contributed by atoms with Crippen molar-refractivity contribution in [3.63, 3.8) is 0 Å². The Morgan fingerprint density at radius 1 is 1.24 bits per heavy atom. The number of nitrogens with two attached hydrogens (primary N) is 1. The number of nitrogens with zero attached hydrogens (tertiary/aromatic N) is 1. The lowest BCUT2D eigenvalue weighted by molar-refractivity contribution is 0.169. The molecular weight excluding hydrogens is 332 g/mol. The molecule has 4 nitrogen and oxygen atoms in total. The normalized spacial score (nSPS) is 13.5. The molecule has 112 valence electrons. The van der Waals surface area contributed by atoms with Crippen molar-refractivity contribution in [1.82, 2.24) is 4.98 Å². The zero-order valence-electron chi connectivity index (χ0n) is 12.1. The van der Waals surface area contributed by atoms with E-state index in [1.807, 2.05) is 37.3 Å². The van der Waals surface area contributed by atoms with Gasteiger partial charge in [0.05, 0.1) is 11.6 Å². The van der Waals surface area contributed by atoms with Crippen LogP contribution in [-0.2, 0) is 0 Å². The van der Waals surface area contributed by atoms with Gasteiger partial charge in [-0.2, -0.15) is 0 Å². The van der Waals surface area contributed by atoms with E-state index in [4.69, 9.17) is 15.2 Å². The molecule has 2 atom stereocenters. The maximum atomic E-state index is 6.22. The molecule has 0 aliphatic heterocycles. The number of aromatic nitrogens is 1. The van der Waals surface area contributed by atoms with Crippen LogP contribution in [0.4, 0.5) is 0 Å². The van der Waals surface area contributed by atoms with Crippen LogP contribution in [0.1, 0.15) is 25.0 Å². The zero-order chi connectivity index (χ0) is 15.2. The van der Waals surface area contributed by atoms with Crippen molar-refractivity contribution in [2.24, 2.45) is 5.73 Å². The third kappa shape index (κ3) is 3.95. The molecule has 0 spiro atoms. The zero-order valence-corrected chi connectivity index (χ0v) is 13.7. The van der Waals surface area contributed by atoms with Gasteiger partial charge < -0.3 is 15.2 Å². The second-order valence-corrected chi connectivity index (χ2v) is 5.54. The molecule has 0 aliphatic rings. The molecule has 2 unspecified atom stereocenters. The van der Waals surface area contributed by atoms with E-state index in [2.05, 4.69) is 20.9 Å². The number of halogens is 1. The number of rotatable bonds is 6. The van der Waals surface area contributed by atoms with Crippen molar-refractivity contribution in [2.45, 2.75) is 25.5 Å². The van der Waals surface area contributed by atoms with Crippen LogP contribution in [0.5, 0.6) is 11.5 Å². The van der Waals surface area contributed by atoms with E-state index in [1.165, 1.54) is 0 Å². The molecule has 0 amide bonds. The second-order valence-electron chi connectivity index (χ2n) is 4.69. The van der Waals surface area contributed by atoms with Crippen LogP contribution in [0.25, 0.3) is 0 Å². The highest BCUT2D eigenvalue weighted by Crippen LogP contribution is 2.33. The Morgan fingerprint density at radius 2 is 1.95 bits per heavy atom. The second kappa shape index (κ2) is 7.43. The fourth-order valence-electron chi connectivity index (χ4n) is 2.01. The molecule has 1 aromatic carbocycles. The van der Waals surface area contributed by atoms with Crippen LogP contribution in [0, 0.1) is 0 Å². The standard InChI is InChI=1S/C16H19BrN2O2/c1-3-14(18)16(11-6-8-19-9-7-11)21-15-5-4-12(20-2)10-13(15)17/h4-10,14,16H,3,18H2,1-2H3. The van der Waals surface area contributed by atoms with Gasteiger partial charge in [0.1, 0.15) is 17.6 Å². The third-order valence-electron chi connectivity index (χ3n) is 3.29. The first-order valence-electron chi connectivity index (χ1n) is 6.81. The van der Waals surface area contributed by atoms with E-state index in [9.17, 15) is 0 Å². The number of hydrogen-bond donors (Lipinski definition) is 1. The molecule has 0 fully saturated rings. The van der Waals surface area contributed by atoms with E-state index in [1.54, 1.807) is 19.5 Å². The summed E-state index contributed by atoms with van der Waals surface area (Å²) in [7, 11) is 1.63. The predicted molar refractivity (Wildman–Crippen MR) is 86.6 cm³/mol. The monoisotopic (exact) mass is 350 g/mol. The summed E-state index contributed by atoms with van der Waals surface area (Å²) < 4.78 is 12.2. The van der Waals surface area contributed by atoms with Crippen LogP contribution >= 0.6 is 15.9 Å². The fraction of sp³-hybridized carbons (Fsp3) is 0.312. The molecule has 0 aliphatic carbocycles. The van der Waals surface area contributed by atoms with E-state index in [0.29, 0.717) is 0 Å². The van der Waals surface area contributed by atoms with Gasteiger partial charge in [-0.3, -0.25) is 4.98 Å². The Morgan fingerprint density at radius 3 is 2.52 bits per heavy atom. The Hall–Kier alpha value is -1.59. The summed E-state index contributed by atoms with van der Waals surface area (Å²) in [6, 6.07) is 9.37. The van der Waals surface area contributed by atoms with Crippen LogP contribution in [-0.4, -0.2) is 18.1 Å². The lowest BCUT2D eigenvalue weighted by Crippen LogP contribution is -2.31. The molecule has 2 aromatic rings. The first kappa shape index (κ1) is 15.8. The first-order chi connectivity index (χ1) is 10.2. The minimum atomic E-state index is -0.220. The molecule has 21 heavy (non-hydrogen) atoms. The molecule has 0 radical (unpaired) electrons. The molecule has 2 N–H and O–H groups in total. The van der Waals surface area contributed by atoms with Crippen LogP contribution in [0.15, 0.2) is 47.2 Å². The number of ether oxygens (including phenoxy) is 2. The SMILES string of the molecule is CCC(N)C(Oc1ccc(OC)cc1Br)c1ccncc1. The van der Waals surface area contributed by atoms with Crippen molar-refractivity contribution in [1.29, 1.82) is 0 Å². The van der Waals surface area contributed by atoms with E-state index in [-0.39, 0.29) is 12.1 Å². The van der Waals surface area contributed by atoms with Crippen LogP contribution < -0.4 is 15.2 Å². The lowest BCUT2D eigenvalue weighted by Gasteiger charge is -2.25. The maximum Gasteiger partial charge on any atom is 0.139 e. The number of pyridine rings is 1. The van der Waals surface area contributed by atoms with Crippen molar-refractivity contribution in [3.8, 4) is 11.5 Å². The van der Waals surface area contributed by atoms with Gasteiger partial charge in [0.15, 0.2) is 0 Å². The van der Waals surface area contributed by atoms with Gasteiger partial charge in [0.2, 0.25) is 0 Å². The average molecular weight is 351 g/mol. The lowest BCUT2D eigenvalue weighted by atomic mass is 10.0. The first-order valence-corrected chi connectivity index (χ1v) is 7.60. The maximum absolute atomic E-state index is 6.22. The molecule has 0 saturated carbocycles. The van der Waals surface area contributed by atoms with E-state index < -0.39 is 0 Å². The predicted octanol–water partition coefficient (Wildman–Crippen LogP) is 3.71. The molecule has 0 bridgehead atoms. The molecule has 0 saturated heterocycles. The number of methoxy groups -OCH3 is 1. The largest absolute Gasteiger partial charge is 0.497 e. The smallest absolute Gasteiger partial charge is 0.139 e. The Kier molecular flexibility index (Phi) is 5.59. The summed E-state index contributed by atoms with van der Waals surface area (Å²) in [6.07, 6.45) is 4.09. The summed E-state index contributed by atoms with van der Waals surface area (Å²) in [5.41, 5.74) is 7.23. The minimum Gasteiger partial charge on any atom is -0.497 e. The van der Waals surface area contributed by atoms with Crippen molar-refractivity contribution < 1.29 is 9.47 Å². The third-order valence-corrected chi connectivity index (χ3v) is 3.91. The Balaban J connectivity index is 2.27. The highest BCUT2D eigenvalue weighted by Gasteiger charge is 2.21. The number of hydrogen-bond acceptors (Lipinski definition) is 4.